The predicted molar refractivity (Wildman–Crippen MR) is 111 cm³/mol. The van der Waals surface area contributed by atoms with Gasteiger partial charge >= 0.3 is 12.1 Å². The molecule has 0 radical (unpaired) electrons. The van der Waals surface area contributed by atoms with Crippen molar-refractivity contribution < 1.29 is 31.9 Å². The molecule has 1 N–H and O–H groups in total. The van der Waals surface area contributed by atoms with Gasteiger partial charge < -0.3 is 10.1 Å². The van der Waals surface area contributed by atoms with Crippen LogP contribution in [0.5, 0.6) is 0 Å². The zero-order chi connectivity index (χ0) is 23.3. The summed E-state index contributed by atoms with van der Waals surface area (Å²) in [6.45, 7) is 3.68. The molecule has 0 spiro atoms. The fraction of sp³-hybridized carbons (Fsp3) is 0.652. The highest BCUT2D eigenvalue weighted by Crippen LogP contribution is 2.32. The fourth-order valence-corrected chi connectivity index (χ4v) is 3.17. The largest absolute Gasteiger partial charge is 0.464 e. The van der Waals surface area contributed by atoms with Gasteiger partial charge in [-0.25, -0.2) is 9.18 Å². The number of unbranched alkanes of at least 4 members (excludes halogenated alkanes) is 9. The van der Waals surface area contributed by atoms with Crippen LogP contribution < -0.4 is 5.32 Å². The van der Waals surface area contributed by atoms with Crippen molar-refractivity contribution in [2.45, 2.75) is 90.3 Å². The van der Waals surface area contributed by atoms with Crippen LogP contribution in [0, 0.1) is 5.82 Å². The van der Waals surface area contributed by atoms with E-state index in [9.17, 15) is 27.2 Å². The Morgan fingerprint density at radius 1 is 0.968 bits per heavy atom. The highest BCUT2D eigenvalue weighted by atomic mass is 19.4. The third-order valence-corrected chi connectivity index (χ3v) is 4.98. The van der Waals surface area contributed by atoms with Crippen molar-refractivity contribution in [1.82, 2.24) is 5.32 Å². The number of hydrogen-bond donors (Lipinski definition) is 1. The van der Waals surface area contributed by atoms with E-state index in [4.69, 9.17) is 4.74 Å². The van der Waals surface area contributed by atoms with E-state index in [-0.39, 0.29) is 6.61 Å². The number of carbonyl (C=O) groups is 2. The molecule has 0 aliphatic heterocycles. The van der Waals surface area contributed by atoms with Gasteiger partial charge in [-0.15, -0.1) is 0 Å². The summed E-state index contributed by atoms with van der Waals surface area (Å²) in [4.78, 5) is 24.1. The first-order valence-electron chi connectivity index (χ1n) is 11.0. The van der Waals surface area contributed by atoms with Gasteiger partial charge in [0.05, 0.1) is 17.7 Å². The van der Waals surface area contributed by atoms with Crippen molar-refractivity contribution in [3.05, 3.63) is 35.1 Å². The van der Waals surface area contributed by atoms with Gasteiger partial charge in [-0.1, -0.05) is 64.7 Å². The van der Waals surface area contributed by atoms with Gasteiger partial charge in [0.2, 0.25) is 0 Å². The summed E-state index contributed by atoms with van der Waals surface area (Å²) in [5.74, 6) is -2.90. The maximum Gasteiger partial charge on any atom is 0.417 e. The monoisotopic (exact) mass is 447 g/mol. The lowest BCUT2D eigenvalue weighted by Crippen LogP contribution is -2.40. The van der Waals surface area contributed by atoms with Crippen LogP contribution in [0.1, 0.15) is 94.0 Å². The number of benzene rings is 1. The molecule has 0 saturated heterocycles. The molecular weight excluding hydrogens is 414 g/mol. The quantitative estimate of drug-likeness (QED) is 0.203. The van der Waals surface area contributed by atoms with Crippen molar-refractivity contribution in [2.75, 3.05) is 6.61 Å². The highest BCUT2D eigenvalue weighted by molar-refractivity contribution is 5.98. The lowest BCUT2D eigenvalue weighted by molar-refractivity contribution is -0.145. The third kappa shape index (κ3) is 10.6. The Kier molecular flexibility index (Phi) is 12.2. The maximum atomic E-state index is 13.3. The van der Waals surface area contributed by atoms with Crippen molar-refractivity contribution in [2.24, 2.45) is 0 Å². The van der Waals surface area contributed by atoms with Crippen LogP contribution in [0.4, 0.5) is 17.6 Å². The summed E-state index contributed by atoms with van der Waals surface area (Å²) in [5.41, 5.74) is -2.14. The maximum absolute atomic E-state index is 13.3. The standard InChI is InChI=1S/C23H33F4NO3/c1-3-4-5-6-7-8-9-10-11-12-15-31-22(30)17(2)28-21(29)19-16-18(24)13-14-20(19)23(25,26)27/h13-14,16-17H,3-12,15H2,1-2H3,(H,28,29). The third-order valence-electron chi connectivity index (χ3n) is 4.98. The number of halogens is 4. The number of amides is 1. The molecule has 31 heavy (non-hydrogen) atoms. The SMILES string of the molecule is CCCCCCCCCCCCOC(=O)C(C)NC(=O)c1cc(F)ccc1C(F)(F)F. The number of esters is 1. The molecule has 176 valence electrons. The molecule has 1 aromatic carbocycles. The second-order valence-corrected chi connectivity index (χ2v) is 7.73. The second kappa shape index (κ2) is 14.0. The van der Waals surface area contributed by atoms with Gasteiger partial charge in [-0.3, -0.25) is 4.79 Å². The van der Waals surface area contributed by atoms with Crippen LogP contribution in [0.15, 0.2) is 18.2 Å². The highest BCUT2D eigenvalue weighted by Gasteiger charge is 2.36. The molecule has 0 aliphatic carbocycles. The number of carbonyl (C=O) groups excluding carboxylic acids is 2. The van der Waals surface area contributed by atoms with E-state index in [0.29, 0.717) is 24.6 Å². The van der Waals surface area contributed by atoms with Crippen LogP contribution in [0.25, 0.3) is 0 Å². The molecule has 1 aromatic rings. The average molecular weight is 448 g/mol. The Bertz CT molecular complexity index is 692. The van der Waals surface area contributed by atoms with E-state index in [1.807, 2.05) is 0 Å². The van der Waals surface area contributed by atoms with Crippen LogP contribution in [0.3, 0.4) is 0 Å². The molecular formula is C23H33F4NO3. The van der Waals surface area contributed by atoms with Crippen LogP contribution in [-0.2, 0) is 15.7 Å². The van der Waals surface area contributed by atoms with E-state index >= 15 is 0 Å². The van der Waals surface area contributed by atoms with E-state index in [2.05, 4.69) is 12.2 Å². The minimum absolute atomic E-state index is 0.184. The van der Waals surface area contributed by atoms with E-state index in [0.717, 1.165) is 19.3 Å². The van der Waals surface area contributed by atoms with Crippen molar-refractivity contribution in [1.29, 1.82) is 0 Å². The van der Waals surface area contributed by atoms with Gasteiger partial charge in [-0.05, 0) is 31.5 Å². The minimum Gasteiger partial charge on any atom is -0.464 e. The minimum atomic E-state index is -4.82. The summed E-state index contributed by atoms with van der Waals surface area (Å²) in [6, 6.07) is 0.474. The van der Waals surface area contributed by atoms with Crippen molar-refractivity contribution >= 4 is 11.9 Å². The van der Waals surface area contributed by atoms with Crippen LogP contribution in [-0.4, -0.2) is 24.5 Å². The molecule has 0 heterocycles. The molecule has 8 heteroatoms. The number of alkyl halides is 3. The molecule has 1 rings (SSSR count). The van der Waals surface area contributed by atoms with Crippen LogP contribution >= 0.6 is 0 Å². The zero-order valence-corrected chi connectivity index (χ0v) is 18.3. The Balaban J connectivity index is 2.31. The molecule has 4 nitrogen and oxygen atoms in total. The Morgan fingerprint density at radius 2 is 1.52 bits per heavy atom. The number of rotatable bonds is 14. The molecule has 1 atom stereocenters. The Morgan fingerprint density at radius 3 is 2.06 bits per heavy atom. The molecule has 0 saturated carbocycles. The lowest BCUT2D eigenvalue weighted by atomic mass is 10.1. The second-order valence-electron chi connectivity index (χ2n) is 7.73. The number of ether oxygens (including phenoxy) is 1. The van der Waals surface area contributed by atoms with Gasteiger partial charge in [-0.2, -0.15) is 13.2 Å². The Hall–Kier alpha value is -2.12. The molecule has 1 unspecified atom stereocenters. The van der Waals surface area contributed by atoms with Gasteiger partial charge in [0.1, 0.15) is 11.9 Å². The predicted octanol–water partition coefficient (Wildman–Crippen LogP) is 6.43. The average Bonchev–Trinajstić information content (AvgIpc) is 2.70. The summed E-state index contributed by atoms with van der Waals surface area (Å²) < 4.78 is 57.5. The lowest BCUT2D eigenvalue weighted by Gasteiger charge is -2.16. The first kappa shape index (κ1) is 26.9. The first-order valence-corrected chi connectivity index (χ1v) is 11.0. The number of hydrogen-bond acceptors (Lipinski definition) is 3. The van der Waals surface area contributed by atoms with E-state index in [1.54, 1.807) is 0 Å². The molecule has 0 aromatic heterocycles. The van der Waals surface area contributed by atoms with Gasteiger partial charge in [0.25, 0.3) is 5.91 Å². The van der Waals surface area contributed by atoms with E-state index < -0.39 is 41.0 Å². The summed E-state index contributed by atoms with van der Waals surface area (Å²) in [7, 11) is 0. The first-order chi connectivity index (χ1) is 14.7. The van der Waals surface area contributed by atoms with Crippen molar-refractivity contribution in [3.63, 3.8) is 0 Å². The summed E-state index contributed by atoms with van der Waals surface area (Å²) >= 11 is 0. The van der Waals surface area contributed by atoms with Crippen LogP contribution in [0.2, 0.25) is 0 Å². The Labute approximate surface area is 181 Å². The molecule has 0 fully saturated rings. The normalized spacial score (nSPS) is 12.5. The fourth-order valence-electron chi connectivity index (χ4n) is 3.17. The molecule has 0 bridgehead atoms. The summed E-state index contributed by atoms with van der Waals surface area (Å²) in [6.07, 6.45) is 6.51. The van der Waals surface area contributed by atoms with E-state index in [1.165, 1.54) is 45.4 Å². The smallest absolute Gasteiger partial charge is 0.417 e. The molecule has 1 amide bonds. The van der Waals surface area contributed by atoms with Gasteiger partial charge in [0, 0.05) is 0 Å². The molecule has 0 aliphatic rings. The number of nitrogens with one attached hydrogen (secondary N) is 1. The zero-order valence-electron chi connectivity index (χ0n) is 18.3. The summed E-state index contributed by atoms with van der Waals surface area (Å²) in [5, 5.41) is 2.15. The van der Waals surface area contributed by atoms with Crippen molar-refractivity contribution in [3.8, 4) is 0 Å². The van der Waals surface area contributed by atoms with Gasteiger partial charge in [0.15, 0.2) is 0 Å². The topological polar surface area (TPSA) is 55.4 Å².